The van der Waals surface area contributed by atoms with E-state index in [0.717, 1.165) is 0 Å². The first-order valence-electron chi connectivity index (χ1n) is 5.35. The Morgan fingerprint density at radius 3 is 2.71 bits per heavy atom. The number of carbonyl (C=O) groups is 1. The van der Waals surface area contributed by atoms with Crippen LogP contribution in [0.1, 0.15) is 0 Å². The topological polar surface area (TPSA) is 59.6 Å². The van der Waals surface area contributed by atoms with Crippen molar-refractivity contribution in [2.45, 2.75) is 0 Å². The minimum absolute atomic E-state index is 0.0236. The number of carbonyl (C=O) groups excluding carboxylic acids is 1. The molecule has 0 aromatic heterocycles. The summed E-state index contributed by atoms with van der Waals surface area (Å²) in [4.78, 5) is 11.8. The third-order valence-electron chi connectivity index (χ3n) is 2.87. The second kappa shape index (κ2) is 4.09. The van der Waals surface area contributed by atoms with E-state index in [2.05, 4.69) is 10.6 Å². The highest BCUT2D eigenvalue weighted by atomic mass is 35.5. The number of amides is 1. The molecule has 2 aliphatic heterocycles. The molecule has 0 atom stereocenters. The van der Waals surface area contributed by atoms with Crippen LogP contribution in [-0.2, 0) is 4.79 Å². The molecule has 0 bridgehead atoms. The summed E-state index contributed by atoms with van der Waals surface area (Å²) >= 11 is 6.05. The van der Waals surface area contributed by atoms with Crippen LogP contribution in [0.2, 0.25) is 5.02 Å². The van der Waals surface area contributed by atoms with Crippen LogP contribution >= 0.6 is 11.6 Å². The Labute approximate surface area is 103 Å². The number of rotatable bonds is 2. The van der Waals surface area contributed by atoms with Gasteiger partial charge in [0.1, 0.15) is 0 Å². The molecular formula is C11H11ClN2O3. The number of benzene rings is 1. The molecule has 0 radical (unpaired) electrons. The predicted molar refractivity (Wildman–Crippen MR) is 62.6 cm³/mol. The average Bonchev–Trinajstić information content (AvgIpc) is 2.62. The Bertz CT molecular complexity index is 474. The Kier molecular flexibility index (Phi) is 2.57. The first-order chi connectivity index (χ1) is 8.24. The van der Waals surface area contributed by atoms with Crippen molar-refractivity contribution >= 4 is 23.2 Å². The van der Waals surface area contributed by atoms with E-state index in [1.807, 2.05) is 0 Å². The van der Waals surface area contributed by atoms with E-state index in [1.54, 1.807) is 12.1 Å². The molecule has 1 aromatic carbocycles. The fourth-order valence-corrected chi connectivity index (χ4v) is 1.92. The Hall–Kier alpha value is -1.46. The van der Waals surface area contributed by atoms with Crippen LogP contribution in [0.15, 0.2) is 12.1 Å². The molecule has 1 saturated heterocycles. The second-order valence-electron chi connectivity index (χ2n) is 4.03. The van der Waals surface area contributed by atoms with Gasteiger partial charge in [0.2, 0.25) is 12.7 Å². The minimum Gasteiger partial charge on any atom is -0.454 e. The molecule has 2 heterocycles. The third-order valence-corrected chi connectivity index (χ3v) is 3.19. The van der Waals surface area contributed by atoms with Gasteiger partial charge in [-0.15, -0.1) is 0 Å². The molecule has 1 aromatic rings. The Morgan fingerprint density at radius 2 is 2.06 bits per heavy atom. The van der Waals surface area contributed by atoms with Crippen molar-refractivity contribution in [1.82, 2.24) is 5.32 Å². The van der Waals surface area contributed by atoms with Crippen LogP contribution < -0.4 is 20.1 Å². The van der Waals surface area contributed by atoms with Crippen molar-refractivity contribution in [1.29, 1.82) is 0 Å². The first-order valence-corrected chi connectivity index (χ1v) is 5.72. The molecule has 2 aliphatic rings. The van der Waals surface area contributed by atoms with Gasteiger partial charge in [0.15, 0.2) is 11.5 Å². The van der Waals surface area contributed by atoms with Gasteiger partial charge in [-0.05, 0) is 0 Å². The van der Waals surface area contributed by atoms with Gasteiger partial charge in [0.25, 0.3) is 0 Å². The number of fused-ring (bicyclic) bond motifs is 1. The van der Waals surface area contributed by atoms with Gasteiger partial charge in [-0.1, -0.05) is 11.6 Å². The Morgan fingerprint density at radius 1 is 1.35 bits per heavy atom. The monoisotopic (exact) mass is 254 g/mol. The summed E-state index contributed by atoms with van der Waals surface area (Å²) in [5.41, 5.74) is 0.563. The highest BCUT2D eigenvalue weighted by molar-refractivity contribution is 6.34. The SMILES string of the molecule is O=C(Nc1cc2c(cc1Cl)OCO2)C1CNC1. The summed E-state index contributed by atoms with van der Waals surface area (Å²) in [5, 5.41) is 6.29. The van der Waals surface area contributed by atoms with Gasteiger partial charge in [-0.2, -0.15) is 0 Å². The van der Waals surface area contributed by atoms with Gasteiger partial charge >= 0.3 is 0 Å². The van der Waals surface area contributed by atoms with E-state index < -0.39 is 0 Å². The number of halogens is 1. The van der Waals surface area contributed by atoms with Crippen molar-refractivity contribution in [2.75, 3.05) is 25.2 Å². The van der Waals surface area contributed by atoms with Gasteiger partial charge in [-0.3, -0.25) is 4.79 Å². The zero-order chi connectivity index (χ0) is 11.8. The molecule has 0 unspecified atom stereocenters. The summed E-state index contributed by atoms with van der Waals surface area (Å²) in [6.45, 7) is 1.62. The molecule has 17 heavy (non-hydrogen) atoms. The highest BCUT2D eigenvalue weighted by Crippen LogP contribution is 2.39. The molecule has 3 rings (SSSR count). The Balaban J connectivity index is 1.80. The summed E-state index contributed by atoms with van der Waals surface area (Å²) in [6, 6.07) is 3.34. The number of ether oxygens (including phenoxy) is 2. The van der Waals surface area contributed by atoms with Crippen LogP contribution in [0.25, 0.3) is 0 Å². The van der Waals surface area contributed by atoms with Crippen molar-refractivity contribution in [3.63, 3.8) is 0 Å². The van der Waals surface area contributed by atoms with E-state index in [-0.39, 0.29) is 18.6 Å². The van der Waals surface area contributed by atoms with Crippen LogP contribution in [0.5, 0.6) is 11.5 Å². The zero-order valence-corrected chi connectivity index (χ0v) is 9.71. The van der Waals surface area contributed by atoms with E-state index in [1.165, 1.54) is 0 Å². The van der Waals surface area contributed by atoms with E-state index in [0.29, 0.717) is 35.3 Å². The maximum atomic E-state index is 11.8. The summed E-state index contributed by atoms with van der Waals surface area (Å²) < 4.78 is 10.4. The number of hydrogen-bond acceptors (Lipinski definition) is 4. The quantitative estimate of drug-likeness (QED) is 0.833. The zero-order valence-electron chi connectivity index (χ0n) is 8.96. The van der Waals surface area contributed by atoms with E-state index in [4.69, 9.17) is 21.1 Å². The maximum absolute atomic E-state index is 11.8. The number of hydrogen-bond donors (Lipinski definition) is 2. The first kappa shape index (κ1) is 10.7. The molecular weight excluding hydrogens is 244 g/mol. The van der Waals surface area contributed by atoms with Crippen LogP contribution in [0.4, 0.5) is 5.69 Å². The largest absolute Gasteiger partial charge is 0.454 e. The van der Waals surface area contributed by atoms with Crippen LogP contribution in [0.3, 0.4) is 0 Å². The fraction of sp³-hybridized carbons (Fsp3) is 0.364. The molecule has 0 saturated carbocycles. The van der Waals surface area contributed by atoms with Crippen molar-refractivity contribution in [3.8, 4) is 11.5 Å². The van der Waals surface area contributed by atoms with Gasteiger partial charge in [-0.25, -0.2) is 0 Å². The number of nitrogens with one attached hydrogen (secondary N) is 2. The lowest BCUT2D eigenvalue weighted by Gasteiger charge is -2.25. The number of anilines is 1. The van der Waals surface area contributed by atoms with E-state index >= 15 is 0 Å². The van der Waals surface area contributed by atoms with Crippen LogP contribution in [-0.4, -0.2) is 25.8 Å². The lowest BCUT2D eigenvalue weighted by atomic mass is 10.0. The molecule has 2 N–H and O–H groups in total. The summed E-state index contributed by atoms with van der Waals surface area (Å²) in [7, 11) is 0. The van der Waals surface area contributed by atoms with E-state index in [9.17, 15) is 4.79 Å². The predicted octanol–water partition coefficient (Wildman–Crippen LogP) is 1.23. The minimum atomic E-state index is -0.0236. The molecule has 0 aliphatic carbocycles. The normalized spacial score (nSPS) is 17.7. The summed E-state index contributed by atoms with van der Waals surface area (Å²) in [6.07, 6.45) is 0. The molecule has 5 nitrogen and oxygen atoms in total. The van der Waals surface area contributed by atoms with Crippen molar-refractivity contribution in [3.05, 3.63) is 17.2 Å². The van der Waals surface area contributed by atoms with Gasteiger partial charge in [0.05, 0.1) is 16.6 Å². The maximum Gasteiger partial charge on any atom is 0.231 e. The fourth-order valence-electron chi connectivity index (χ4n) is 1.72. The van der Waals surface area contributed by atoms with Gasteiger partial charge in [0, 0.05) is 25.2 Å². The second-order valence-corrected chi connectivity index (χ2v) is 4.44. The average molecular weight is 255 g/mol. The van der Waals surface area contributed by atoms with Crippen molar-refractivity contribution in [2.24, 2.45) is 5.92 Å². The highest BCUT2D eigenvalue weighted by Gasteiger charge is 2.26. The standard InChI is InChI=1S/C11H11ClN2O3/c12-7-1-9-10(17-5-16-9)2-8(7)14-11(15)6-3-13-4-6/h1-2,6,13H,3-5H2,(H,14,15). The summed E-state index contributed by atoms with van der Waals surface area (Å²) in [5.74, 6) is 1.22. The lowest BCUT2D eigenvalue weighted by molar-refractivity contribution is -0.121. The van der Waals surface area contributed by atoms with Gasteiger partial charge < -0.3 is 20.1 Å². The molecule has 6 heteroatoms. The molecule has 0 spiro atoms. The molecule has 1 fully saturated rings. The van der Waals surface area contributed by atoms with Crippen molar-refractivity contribution < 1.29 is 14.3 Å². The lowest BCUT2D eigenvalue weighted by Crippen LogP contribution is -2.48. The molecule has 1 amide bonds. The third kappa shape index (κ3) is 1.92. The smallest absolute Gasteiger partial charge is 0.231 e. The van der Waals surface area contributed by atoms with Crippen LogP contribution in [0, 0.1) is 5.92 Å². The molecule has 90 valence electrons.